The number of sulfone groups is 1. The number of hydrogen-bond acceptors (Lipinski definition) is 7. The summed E-state index contributed by atoms with van der Waals surface area (Å²) in [6.45, 7) is 0.255. The second kappa shape index (κ2) is 8.05. The van der Waals surface area contributed by atoms with Gasteiger partial charge in [-0.25, -0.2) is 23.2 Å². The maximum absolute atomic E-state index is 13.6. The molecule has 2 aromatic carbocycles. The van der Waals surface area contributed by atoms with Gasteiger partial charge in [0.25, 0.3) is 0 Å². The second-order valence-corrected chi connectivity index (χ2v) is 10.2. The molecule has 0 atom stereocenters. The van der Waals surface area contributed by atoms with E-state index in [9.17, 15) is 13.2 Å². The lowest BCUT2D eigenvalue weighted by molar-refractivity contribution is 0.259. The van der Waals surface area contributed by atoms with E-state index in [0.29, 0.717) is 29.8 Å². The van der Waals surface area contributed by atoms with Crippen molar-refractivity contribution >= 4 is 39.0 Å². The zero-order valence-electron chi connectivity index (χ0n) is 16.9. The number of hydrogen-bond donors (Lipinski definition) is 4. The normalized spacial score (nSPS) is 14.7. The topological polar surface area (TPSA) is 167 Å². The van der Waals surface area contributed by atoms with Gasteiger partial charge in [-0.3, -0.25) is 0 Å². The van der Waals surface area contributed by atoms with Gasteiger partial charge < -0.3 is 22.5 Å². The highest BCUT2D eigenvalue weighted by atomic mass is 35.5. The number of halogens is 1. The third-order valence-corrected chi connectivity index (χ3v) is 8.37. The van der Waals surface area contributed by atoms with Crippen molar-refractivity contribution in [2.45, 2.75) is 29.0 Å². The first kappa shape index (κ1) is 22.0. The van der Waals surface area contributed by atoms with Crippen molar-refractivity contribution in [3.8, 4) is 11.4 Å². The highest BCUT2D eigenvalue weighted by Gasteiger charge is 2.58. The molecule has 4 rings (SSSR count). The van der Waals surface area contributed by atoms with E-state index in [1.165, 1.54) is 12.1 Å². The van der Waals surface area contributed by atoms with E-state index in [0.717, 1.165) is 5.56 Å². The molecule has 7 N–H and O–H groups in total. The Morgan fingerprint density at radius 2 is 1.78 bits per heavy atom. The number of rotatable bonds is 6. The molecule has 0 spiro atoms. The number of anilines is 2. The number of nitrogens with two attached hydrogens (primary N) is 3. The van der Waals surface area contributed by atoms with Gasteiger partial charge in [-0.05, 0) is 54.8 Å². The lowest BCUT2D eigenvalue weighted by Crippen LogP contribution is -2.23. The van der Waals surface area contributed by atoms with Crippen LogP contribution in [0.15, 0.2) is 53.4 Å². The fourth-order valence-electron chi connectivity index (χ4n) is 3.55. The number of primary amides is 1. The molecule has 0 saturated heterocycles. The smallest absolute Gasteiger partial charge is 0.316 e. The molecule has 0 bridgehead atoms. The Morgan fingerprint density at radius 1 is 1.09 bits per heavy atom. The summed E-state index contributed by atoms with van der Waals surface area (Å²) in [5.41, 5.74) is 18.9. The molecule has 166 valence electrons. The summed E-state index contributed by atoms with van der Waals surface area (Å²) in [5, 5.41) is 2.59. The molecule has 32 heavy (non-hydrogen) atoms. The van der Waals surface area contributed by atoms with Gasteiger partial charge in [-0.15, -0.1) is 0 Å². The first-order valence-electron chi connectivity index (χ1n) is 9.71. The summed E-state index contributed by atoms with van der Waals surface area (Å²) in [6.07, 6.45) is 0.781. The van der Waals surface area contributed by atoms with Crippen molar-refractivity contribution < 1.29 is 13.2 Å². The lowest BCUT2D eigenvalue weighted by Gasteiger charge is -2.18. The number of aromatic nitrogens is 2. The quantitative estimate of drug-likeness (QED) is 0.427. The Hall–Kier alpha value is -3.21. The van der Waals surface area contributed by atoms with Crippen LogP contribution in [0.3, 0.4) is 0 Å². The fourth-order valence-corrected chi connectivity index (χ4v) is 6.06. The largest absolute Gasteiger partial charge is 0.384 e. The lowest BCUT2D eigenvalue weighted by atomic mass is 10.1. The molecular weight excluding hydrogens is 452 g/mol. The highest BCUT2D eigenvalue weighted by Crippen LogP contribution is 2.55. The summed E-state index contributed by atoms with van der Waals surface area (Å²) in [4.78, 5) is 19.8. The van der Waals surface area contributed by atoms with E-state index >= 15 is 0 Å². The summed E-state index contributed by atoms with van der Waals surface area (Å²) in [7, 11) is -3.85. The molecule has 2 amide bonds. The van der Waals surface area contributed by atoms with Gasteiger partial charge in [0.2, 0.25) is 0 Å². The maximum Gasteiger partial charge on any atom is 0.316 e. The Kier molecular flexibility index (Phi) is 5.53. The minimum Gasteiger partial charge on any atom is -0.384 e. The third kappa shape index (κ3) is 3.88. The predicted molar refractivity (Wildman–Crippen MR) is 123 cm³/mol. The van der Waals surface area contributed by atoms with Gasteiger partial charge in [0.05, 0.1) is 15.6 Å². The minimum atomic E-state index is -3.85. The zero-order valence-corrected chi connectivity index (χ0v) is 18.4. The SMILES string of the molecule is NCc1ccc(S(=O)(=O)C2(c3cc(N)nc(-c4ccc(NC(N)=O)cc4)n3)CC2)c(Cl)c1. The summed E-state index contributed by atoms with van der Waals surface area (Å²) >= 11 is 6.29. The van der Waals surface area contributed by atoms with Crippen LogP contribution in [0.2, 0.25) is 5.02 Å². The van der Waals surface area contributed by atoms with E-state index in [1.807, 2.05) is 0 Å². The standard InChI is InChI=1S/C21H21ClN6O3S/c22-15-9-12(11-23)1-6-16(15)32(30,31)21(7-8-21)17-10-18(24)28-19(27-17)13-2-4-14(5-3-13)26-20(25)29/h1-6,9-10H,7-8,11,23H2,(H2,24,27,28)(H3,25,26,29). The molecule has 1 heterocycles. The van der Waals surface area contributed by atoms with Crippen LogP contribution >= 0.6 is 11.6 Å². The number of benzene rings is 2. The van der Waals surface area contributed by atoms with E-state index in [1.54, 1.807) is 36.4 Å². The summed E-state index contributed by atoms with van der Waals surface area (Å²) < 4.78 is 25.9. The average molecular weight is 473 g/mol. The Labute approximate surface area is 189 Å². The van der Waals surface area contributed by atoms with Crippen LogP contribution in [0.1, 0.15) is 24.1 Å². The molecule has 0 aliphatic heterocycles. The van der Waals surface area contributed by atoms with Crippen LogP contribution in [0.25, 0.3) is 11.4 Å². The number of amides is 2. The van der Waals surface area contributed by atoms with E-state index < -0.39 is 20.6 Å². The number of carbonyl (C=O) groups is 1. The monoisotopic (exact) mass is 472 g/mol. The molecule has 1 saturated carbocycles. The molecule has 0 unspecified atom stereocenters. The molecular formula is C21H21ClN6O3S. The maximum atomic E-state index is 13.6. The van der Waals surface area contributed by atoms with Crippen LogP contribution in [0.4, 0.5) is 16.3 Å². The molecule has 3 aromatic rings. The molecule has 0 radical (unpaired) electrons. The van der Waals surface area contributed by atoms with E-state index in [4.69, 9.17) is 28.8 Å². The van der Waals surface area contributed by atoms with Crippen LogP contribution in [-0.2, 0) is 21.1 Å². The van der Waals surface area contributed by atoms with Crippen molar-refractivity contribution in [3.05, 3.63) is 64.8 Å². The second-order valence-electron chi connectivity index (χ2n) is 7.53. The van der Waals surface area contributed by atoms with Crippen LogP contribution in [0.5, 0.6) is 0 Å². The van der Waals surface area contributed by atoms with Gasteiger partial charge in [0, 0.05) is 23.9 Å². The van der Waals surface area contributed by atoms with Crippen molar-refractivity contribution in [2.75, 3.05) is 11.1 Å². The number of urea groups is 1. The third-order valence-electron chi connectivity index (χ3n) is 5.36. The summed E-state index contributed by atoms with van der Waals surface area (Å²) in [5.74, 6) is 0.423. The highest BCUT2D eigenvalue weighted by molar-refractivity contribution is 7.92. The number of nitrogens with zero attached hydrogens (tertiary/aromatic N) is 2. The Morgan fingerprint density at radius 3 is 2.34 bits per heavy atom. The van der Waals surface area contributed by atoms with E-state index in [2.05, 4.69) is 15.3 Å². The molecule has 1 aromatic heterocycles. The van der Waals surface area contributed by atoms with Gasteiger partial charge in [-0.1, -0.05) is 17.7 Å². The van der Waals surface area contributed by atoms with Gasteiger partial charge in [-0.2, -0.15) is 0 Å². The van der Waals surface area contributed by atoms with E-state index in [-0.39, 0.29) is 28.1 Å². The molecule has 1 fully saturated rings. The van der Waals surface area contributed by atoms with Gasteiger partial charge in [0.1, 0.15) is 10.6 Å². The number of nitrogens with one attached hydrogen (secondary N) is 1. The molecule has 1 aliphatic carbocycles. The molecule has 11 heteroatoms. The summed E-state index contributed by atoms with van der Waals surface area (Å²) in [6, 6.07) is 12.1. The Balaban J connectivity index is 1.74. The Bertz CT molecular complexity index is 1310. The van der Waals surface area contributed by atoms with Crippen molar-refractivity contribution in [1.82, 2.24) is 9.97 Å². The molecule has 9 nitrogen and oxygen atoms in total. The van der Waals surface area contributed by atoms with Crippen molar-refractivity contribution in [1.29, 1.82) is 0 Å². The predicted octanol–water partition coefficient (Wildman–Crippen LogP) is 2.79. The fraction of sp³-hybridized carbons (Fsp3) is 0.190. The zero-order chi connectivity index (χ0) is 23.1. The van der Waals surface area contributed by atoms with Gasteiger partial charge in [0.15, 0.2) is 15.7 Å². The number of carbonyl (C=O) groups excluding carboxylic acids is 1. The van der Waals surface area contributed by atoms with Crippen molar-refractivity contribution in [3.63, 3.8) is 0 Å². The minimum absolute atomic E-state index is 0.0366. The van der Waals surface area contributed by atoms with Gasteiger partial charge >= 0.3 is 6.03 Å². The van der Waals surface area contributed by atoms with Crippen LogP contribution in [-0.4, -0.2) is 24.4 Å². The first-order valence-corrected chi connectivity index (χ1v) is 11.6. The number of nitrogen functional groups attached to an aromatic ring is 1. The molecule has 1 aliphatic rings. The van der Waals surface area contributed by atoms with Crippen LogP contribution in [0, 0.1) is 0 Å². The van der Waals surface area contributed by atoms with Crippen molar-refractivity contribution in [2.24, 2.45) is 11.5 Å². The first-order chi connectivity index (χ1) is 15.2. The average Bonchev–Trinajstić information content (AvgIpc) is 3.56. The van der Waals surface area contributed by atoms with Crippen LogP contribution < -0.4 is 22.5 Å².